The molecule has 0 nitrogen and oxygen atoms in total. The molecule has 0 unspecified atom stereocenters. The topological polar surface area (TPSA) is 0 Å². The van der Waals surface area contributed by atoms with Gasteiger partial charge in [-0.2, -0.15) is 0 Å². The Hall–Kier alpha value is -0.300. The molecule has 0 atom stereocenters. The first-order chi connectivity index (χ1) is 4.18. The molecule has 9 heavy (non-hydrogen) atoms. The first-order valence-electron chi connectivity index (χ1n) is 2.83. The van der Waals surface area contributed by atoms with Crippen molar-refractivity contribution in [3.05, 3.63) is 34.9 Å². The SMILES string of the molecule is C=C(C)/C(Br)=C\C=C/C. The fraction of sp³-hybridized carbons (Fsp3) is 0.250. The molecule has 0 aliphatic heterocycles. The predicted molar refractivity (Wildman–Crippen MR) is 46.6 cm³/mol. The summed E-state index contributed by atoms with van der Waals surface area (Å²) in [6.45, 7) is 7.70. The van der Waals surface area contributed by atoms with Crippen molar-refractivity contribution in [2.75, 3.05) is 0 Å². The van der Waals surface area contributed by atoms with Crippen molar-refractivity contribution in [2.24, 2.45) is 0 Å². The van der Waals surface area contributed by atoms with Gasteiger partial charge in [0, 0.05) is 4.48 Å². The van der Waals surface area contributed by atoms with Crippen molar-refractivity contribution in [1.82, 2.24) is 0 Å². The van der Waals surface area contributed by atoms with Crippen LogP contribution in [0.15, 0.2) is 34.9 Å². The van der Waals surface area contributed by atoms with Gasteiger partial charge in [-0.15, -0.1) is 0 Å². The Morgan fingerprint density at radius 3 is 2.44 bits per heavy atom. The molecule has 0 saturated carbocycles. The van der Waals surface area contributed by atoms with E-state index in [-0.39, 0.29) is 0 Å². The molecule has 0 aliphatic carbocycles. The summed E-state index contributed by atoms with van der Waals surface area (Å²) in [7, 11) is 0. The second-order valence-corrected chi connectivity index (χ2v) is 2.68. The van der Waals surface area contributed by atoms with Crippen LogP contribution in [0.4, 0.5) is 0 Å². The average molecular weight is 187 g/mol. The standard InChI is InChI=1S/C8H11Br/c1-4-5-6-8(9)7(2)3/h4-6H,2H2,1,3H3/b5-4-,8-6+. The summed E-state index contributed by atoms with van der Waals surface area (Å²) in [5, 5.41) is 0. The maximum Gasteiger partial charge on any atom is 0.0198 e. The lowest BCUT2D eigenvalue weighted by Gasteiger charge is -1.90. The van der Waals surface area contributed by atoms with Gasteiger partial charge in [-0.1, -0.05) is 34.7 Å². The third kappa shape index (κ3) is 4.22. The van der Waals surface area contributed by atoms with Crippen LogP contribution >= 0.6 is 15.9 Å². The Morgan fingerprint density at radius 2 is 2.11 bits per heavy atom. The van der Waals surface area contributed by atoms with Gasteiger partial charge in [0.25, 0.3) is 0 Å². The van der Waals surface area contributed by atoms with Gasteiger partial charge >= 0.3 is 0 Å². The van der Waals surface area contributed by atoms with E-state index in [0.29, 0.717) is 0 Å². The molecule has 0 aliphatic rings. The van der Waals surface area contributed by atoms with Crippen LogP contribution in [0.1, 0.15) is 13.8 Å². The molecule has 0 aromatic heterocycles. The molecule has 0 amide bonds. The van der Waals surface area contributed by atoms with E-state index in [2.05, 4.69) is 22.5 Å². The minimum atomic E-state index is 1.05. The number of allylic oxidation sites excluding steroid dienone is 5. The van der Waals surface area contributed by atoms with Gasteiger partial charge in [0.05, 0.1) is 0 Å². The Kier molecular flexibility index (Phi) is 4.41. The highest BCUT2D eigenvalue weighted by atomic mass is 79.9. The minimum absolute atomic E-state index is 1.05. The van der Waals surface area contributed by atoms with Gasteiger partial charge in [0.15, 0.2) is 0 Å². The number of hydrogen-bond donors (Lipinski definition) is 0. The molecule has 50 valence electrons. The highest BCUT2D eigenvalue weighted by Gasteiger charge is 1.85. The van der Waals surface area contributed by atoms with Gasteiger partial charge in [-0.25, -0.2) is 0 Å². The second kappa shape index (κ2) is 4.57. The molecule has 0 spiro atoms. The molecule has 0 radical (unpaired) electrons. The van der Waals surface area contributed by atoms with Crippen molar-refractivity contribution >= 4 is 15.9 Å². The first kappa shape index (κ1) is 8.70. The summed E-state index contributed by atoms with van der Waals surface area (Å²) in [5.41, 5.74) is 1.05. The van der Waals surface area contributed by atoms with Crippen LogP contribution in [0.5, 0.6) is 0 Å². The summed E-state index contributed by atoms with van der Waals surface area (Å²) in [4.78, 5) is 0. The normalized spacial score (nSPS) is 12.6. The van der Waals surface area contributed by atoms with Crippen LogP contribution in [0.3, 0.4) is 0 Å². The molecular weight excluding hydrogens is 176 g/mol. The van der Waals surface area contributed by atoms with Crippen molar-refractivity contribution in [2.45, 2.75) is 13.8 Å². The van der Waals surface area contributed by atoms with Crippen molar-refractivity contribution in [3.8, 4) is 0 Å². The third-order valence-electron chi connectivity index (χ3n) is 0.843. The lowest BCUT2D eigenvalue weighted by Crippen LogP contribution is -1.67. The van der Waals surface area contributed by atoms with Crippen LogP contribution in [-0.2, 0) is 0 Å². The lowest BCUT2D eigenvalue weighted by atomic mass is 10.3. The third-order valence-corrected chi connectivity index (χ3v) is 1.78. The maximum absolute atomic E-state index is 3.76. The molecule has 0 aromatic carbocycles. The van der Waals surface area contributed by atoms with E-state index >= 15 is 0 Å². The van der Waals surface area contributed by atoms with E-state index in [1.54, 1.807) is 0 Å². The Morgan fingerprint density at radius 1 is 1.56 bits per heavy atom. The fourth-order valence-corrected chi connectivity index (χ4v) is 0.476. The second-order valence-electron chi connectivity index (χ2n) is 1.82. The van der Waals surface area contributed by atoms with Gasteiger partial charge in [0.1, 0.15) is 0 Å². The lowest BCUT2D eigenvalue weighted by molar-refractivity contribution is 1.54. The highest BCUT2D eigenvalue weighted by molar-refractivity contribution is 9.12. The minimum Gasteiger partial charge on any atom is -0.0950 e. The molecule has 0 aromatic rings. The van der Waals surface area contributed by atoms with Gasteiger partial charge < -0.3 is 0 Å². The smallest absolute Gasteiger partial charge is 0.0198 e. The summed E-state index contributed by atoms with van der Waals surface area (Å²) in [6.07, 6.45) is 5.92. The van der Waals surface area contributed by atoms with Crippen molar-refractivity contribution in [3.63, 3.8) is 0 Å². The zero-order valence-electron chi connectivity index (χ0n) is 5.82. The first-order valence-corrected chi connectivity index (χ1v) is 3.62. The average Bonchev–Trinajstić information content (AvgIpc) is 1.82. The Bertz CT molecular complexity index is 152. The van der Waals surface area contributed by atoms with Crippen LogP contribution in [-0.4, -0.2) is 0 Å². The zero-order valence-corrected chi connectivity index (χ0v) is 7.40. The van der Waals surface area contributed by atoms with Gasteiger partial charge in [-0.3, -0.25) is 0 Å². The molecular formula is C8H11Br. The molecule has 0 bridgehead atoms. The molecule has 0 saturated heterocycles. The van der Waals surface area contributed by atoms with E-state index in [0.717, 1.165) is 10.1 Å². The molecule has 0 N–H and O–H groups in total. The summed E-state index contributed by atoms with van der Waals surface area (Å²) in [5.74, 6) is 0. The van der Waals surface area contributed by atoms with E-state index in [1.807, 2.05) is 32.1 Å². The highest BCUT2D eigenvalue weighted by Crippen LogP contribution is 2.13. The summed E-state index contributed by atoms with van der Waals surface area (Å²) >= 11 is 3.35. The molecule has 0 rings (SSSR count). The predicted octanol–water partition coefficient (Wildman–Crippen LogP) is 3.42. The van der Waals surface area contributed by atoms with E-state index in [9.17, 15) is 0 Å². The quantitative estimate of drug-likeness (QED) is 0.581. The van der Waals surface area contributed by atoms with Crippen molar-refractivity contribution < 1.29 is 0 Å². The summed E-state index contributed by atoms with van der Waals surface area (Å²) in [6, 6.07) is 0. The Labute approximate surface area is 65.1 Å². The number of rotatable bonds is 2. The van der Waals surface area contributed by atoms with Crippen LogP contribution in [0, 0.1) is 0 Å². The van der Waals surface area contributed by atoms with Crippen molar-refractivity contribution in [1.29, 1.82) is 0 Å². The monoisotopic (exact) mass is 186 g/mol. The molecule has 1 heteroatoms. The Balaban J connectivity index is 4.00. The van der Waals surface area contributed by atoms with E-state index < -0.39 is 0 Å². The van der Waals surface area contributed by atoms with E-state index in [1.165, 1.54) is 0 Å². The summed E-state index contributed by atoms with van der Waals surface area (Å²) < 4.78 is 1.06. The van der Waals surface area contributed by atoms with Crippen LogP contribution in [0.25, 0.3) is 0 Å². The van der Waals surface area contributed by atoms with Gasteiger partial charge in [-0.05, 0) is 25.5 Å². The maximum atomic E-state index is 3.76. The van der Waals surface area contributed by atoms with Crippen LogP contribution in [0.2, 0.25) is 0 Å². The molecule has 0 heterocycles. The number of hydrogen-bond acceptors (Lipinski definition) is 0. The van der Waals surface area contributed by atoms with Crippen LogP contribution < -0.4 is 0 Å². The fourth-order valence-electron chi connectivity index (χ4n) is 0.323. The molecule has 0 fully saturated rings. The van der Waals surface area contributed by atoms with E-state index in [4.69, 9.17) is 0 Å². The zero-order chi connectivity index (χ0) is 7.28. The number of halogens is 1. The van der Waals surface area contributed by atoms with Gasteiger partial charge in [0.2, 0.25) is 0 Å². The largest absolute Gasteiger partial charge is 0.0950 e.